The first-order chi connectivity index (χ1) is 8.51. The van der Waals surface area contributed by atoms with Crippen LogP contribution in [0, 0.1) is 0 Å². The zero-order valence-corrected chi connectivity index (χ0v) is 11.4. The molecule has 1 rings (SSSR count). The minimum absolute atomic E-state index is 0.164. The summed E-state index contributed by atoms with van der Waals surface area (Å²) in [6.45, 7) is 4.64. The van der Waals surface area contributed by atoms with E-state index in [1.807, 2.05) is 13.8 Å². The van der Waals surface area contributed by atoms with Crippen LogP contribution in [-0.4, -0.2) is 38.9 Å². The molecule has 0 atom stereocenters. The minimum atomic E-state index is -3.60. The van der Waals surface area contributed by atoms with Gasteiger partial charge in [-0.25, -0.2) is 13.1 Å². The van der Waals surface area contributed by atoms with Crippen LogP contribution in [0.15, 0.2) is 35.2 Å². The first kappa shape index (κ1) is 14.7. The summed E-state index contributed by atoms with van der Waals surface area (Å²) in [5.74, 6) is -0.223. The molecule has 1 amide bonds. The summed E-state index contributed by atoms with van der Waals surface area (Å²) >= 11 is 0. The number of nitrogens with zero attached hydrogens (tertiary/aromatic N) is 1. The molecular weight excluding hydrogens is 252 g/mol. The van der Waals surface area contributed by atoms with E-state index in [4.69, 9.17) is 0 Å². The highest BCUT2D eigenvalue weighted by Crippen LogP contribution is 2.06. The molecule has 0 radical (unpaired) electrons. The van der Waals surface area contributed by atoms with Gasteiger partial charge in [-0.1, -0.05) is 18.2 Å². The van der Waals surface area contributed by atoms with E-state index in [0.717, 1.165) is 0 Å². The Hall–Kier alpha value is -1.40. The molecule has 0 aromatic heterocycles. The highest BCUT2D eigenvalue weighted by atomic mass is 32.2. The van der Waals surface area contributed by atoms with Gasteiger partial charge in [0.2, 0.25) is 15.9 Å². The molecule has 0 spiro atoms. The number of carbonyl (C=O) groups excluding carboxylic acids is 1. The van der Waals surface area contributed by atoms with Gasteiger partial charge in [-0.15, -0.1) is 0 Å². The number of carbonyl (C=O) groups is 1. The molecule has 0 aliphatic carbocycles. The maximum Gasteiger partial charge on any atom is 0.241 e. The van der Waals surface area contributed by atoms with Crippen LogP contribution in [0.25, 0.3) is 0 Å². The Kier molecular flexibility index (Phi) is 5.30. The molecule has 18 heavy (non-hydrogen) atoms. The largest absolute Gasteiger partial charge is 0.342 e. The lowest BCUT2D eigenvalue weighted by molar-refractivity contribution is -0.129. The summed E-state index contributed by atoms with van der Waals surface area (Å²) < 4.78 is 26.0. The van der Waals surface area contributed by atoms with Crippen molar-refractivity contribution < 1.29 is 13.2 Å². The average Bonchev–Trinajstić information content (AvgIpc) is 2.39. The quantitative estimate of drug-likeness (QED) is 0.832. The van der Waals surface area contributed by atoms with Gasteiger partial charge >= 0.3 is 0 Å². The van der Waals surface area contributed by atoms with Gasteiger partial charge in [0.15, 0.2) is 0 Å². The van der Waals surface area contributed by atoms with Gasteiger partial charge in [0.1, 0.15) is 0 Å². The number of rotatable bonds is 6. The smallest absolute Gasteiger partial charge is 0.241 e. The van der Waals surface area contributed by atoms with Crippen molar-refractivity contribution >= 4 is 15.9 Å². The number of hydrogen-bond acceptors (Lipinski definition) is 3. The van der Waals surface area contributed by atoms with Crippen LogP contribution in [0.1, 0.15) is 13.8 Å². The molecule has 0 aliphatic rings. The third-order valence-electron chi connectivity index (χ3n) is 2.58. The molecule has 0 saturated carbocycles. The predicted octanol–water partition coefficient (Wildman–Crippen LogP) is 0.833. The van der Waals surface area contributed by atoms with Crippen LogP contribution >= 0.6 is 0 Å². The molecule has 1 aromatic carbocycles. The van der Waals surface area contributed by atoms with Gasteiger partial charge < -0.3 is 4.90 Å². The minimum Gasteiger partial charge on any atom is -0.342 e. The van der Waals surface area contributed by atoms with Gasteiger partial charge in [0, 0.05) is 13.1 Å². The van der Waals surface area contributed by atoms with Crippen molar-refractivity contribution in [3.63, 3.8) is 0 Å². The fourth-order valence-electron chi connectivity index (χ4n) is 1.53. The number of hydrogen-bond donors (Lipinski definition) is 1. The van der Waals surface area contributed by atoms with Crippen LogP contribution in [0.4, 0.5) is 0 Å². The fourth-order valence-corrected chi connectivity index (χ4v) is 2.52. The third kappa shape index (κ3) is 3.82. The molecule has 0 saturated heterocycles. The van der Waals surface area contributed by atoms with E-state index in [9.17, 15) is 13.2 Å². The van der Waals surface area contributed by atoms with Crippen LogP contribution in [0.3, 0.4) is 0 Å². The fraction of sp³-hybridized carbons (Fsp3) is 0.417. The average molecular weight is 270 g/mol. The Labute approximate surface area is 108 Å². The molecule has 1 aromatic rings. The maximum atomic E-state index is 11.9. The molecule has 0 bridgehead atoms. The molecule has 6 heteroatoms. The summed E-state index contributed by atoms with van der Waals surface area (Å²) in [5, 5.41) is 0. The Bertz CT molecular complexity index is 481. The normalized spacial score (nSPS) is 11.2. The van der Waals surface area contributed by atoms with E-state index < -0.39 is 10.0 Å². The Balaban J connectivity index is 2.66. The lowest BCUT2D eigenvalue weighted by Gasteiger charge is -2.18. The van der Waals surface area contributed by atoms with Crippen LogP contribution in [-0.2, 0) is 14.8 Å². The lowest BCUT2D eigenvalue weighted by Crippen LogP contribution is -2.39. The van der Waals surface area contributed by atoms with Gasteiger partial charge in [0.05, 0.1) is 11.4 Å². The van der Waals surface area contributed by atoms with Crippen molar-refractivity contribution in [3.05, 3.63) is 30.3 Å². The summed E-state index contributed by atoms with van der Waals surface area (Å²) in [7, 11) is -3.60. The van der Waals surface area contributed by atoms with Gasteiger partial charge in [-0.3, -0.25) is 4.79 Å². The molecule has 1 N–H and O–H groups in total. The molecule has 0 fully saturated rings. The number of amides is 1. The number of nitrogens with one attached hydrogen (secondary N) is 1. The van der Waals surface area contributed by atoms with Crippen molar-refractivity contribution in [1.82, 2.24) is 9.62 Å². The second kappa shape index (κ2) is 6.51. The van der Waals surface area contributed by atoms with E-state index in [0.29, 0.717) is 13.1 Å². The van der Waals surface area contributed by atoms with E-state index in [1.54, 1.807) is 23.1 Å². The third-order valence-corrected chi connectivity index (χ3v) is 4.00. The summed E-state index contributed by atoms with van der Waals surface area (Å²) in [4.78, 5) is 13.4. The molecule has 0 aliphatic heterocycles. The highest BCUT2D eigenvalue weighted by molar-refractivity contribution is 7.89. The summed E-state index contributed by atoms with van der Waals surface area (Å²) in [6.07, 6.45) is 0. The molecule has 5 nitrogen and oxygen atoms in total. The molecule has 100 valence electrons. The highest BCUT2D eigenvalue weighted by Gasteiger charge is 2.16. The lowest BCUT2D eigenvalue weighted by atomic mass is 10.4. The zero-order valence-electron chi connectivity index (χ0n) is 10.6. The first-order valence-corrected chi connectivity index (χ1v) is 7.32. The SMILES string of the molecule is CCN(CC)C(=O)CNS(=O)(=O)c1ccccc1. The maximum absolute atomic E-state index is 11.9. The van der Waals surface area contributed by atoms with Crippen LogP contribution in [0.5, 0.6) is 0 Å². The van der Waals surface area contributed by atoms with Gasteiger partial charge in [-0.05, 0) is 26.0 Å². The van der Waals surface area contributed by atoms with Gasteiger partial charge in [-0.2, -0.15) is 0 Å². The van der Waals surface area contributed by atoms with E-state index in [-0.39, 0.29) is 17.3 Å². The monoisotopic (exact) mass is 270 g/mol. The number of sulfonamides is 1. The van der Waals surface area contributed by atoms with E-state index >= 15 is 0 Å². The van der Waals surface area contributed by atoms with Crippen molar-refractivity contribution in [2.24, 2.45) is 0 Å². The molecular formula is C12H18N2O3S. The zero-order chi connectivity index (χ0) is 13.6. The van der Waals surface area contributed by atoms with Crippen molar-refractivity contribution in [2.45, 2.75) is 18.7 Å². The standard InChI is InChI=1S/C12H18N2O3S/c1-3-14(4-2)12(15)10-13-18(16,17)11-8-6-5-7-9-11/h5-9,13H,3-4,10H2,1-2H3. The summed E-state index contributed by atoms with van der Waals surface area (Å²) in [5.41, 5.74) is 0. The Morgan fingerprint density at radius 2 is 1.72 bits per heavy atom. The van der Waals surface area contributed by atoms with E-state index in [2.05, 4.69) is 4.72 Å². The Morgan fingerprint density at radius 3 is 2.22 bits per heavy atom. The molecule has 0 unspecified atom stereocenters. The predicted molar refractivity (Wildman–Crippen MR) is 69.6 cm³/mol. The second-order valence-electron chi connectivity index (χ2n) is 3.70. The van der Waals surface area contributed by atoms with Crippen molar-refractivity contribution in [3.8, 4) is 0 Å². The number of benzene rings is 1. The Morgan fingerprint density at radius 1 is 1.17 bits per heavy atom. The first-order valence-electron chi connectivity index (χ1n) is 5.83. The topological polar surface area (TPSA) is 66.5 Å². The van der Waals surface area contributed by atoms with Crippen LogP contribution in [0.2, 0.25) is 0 Å². The second-order valence-corrected chi connectivity index (χ2v) is 5.47. The summed E-state index contributed by atoms with van der Waals surface area (Å²) in [6, 6.07) is 8.00. The van der Waals surface area contributed by atoms with Gasteiger partial charge in [0.25, 0.3) is 0 Å². The van der Waals surface area contributed by atoms with E-state index in [1.165, 1.54) is 12.1 Å². The molecule has 0 heterocycles. The van der Waals surface area contributed by atoms with Crippen LogP contribution < -0.4 is 4.72 Å². The van der Waals surface area contributed by atoms with Crippen molar-refractivity contribution in [2.75, 3.05) is 19.6 Å². The van der Waals surface area contributed by atoms with Crippen molar-refractivity contribution in [1.29, 1.82) is 0 Å². The number of likely N-dealkylation sites (N-methyl/N-ethyl adjacent to an activating group) is 1.